The summed E-state index contributed by atoms with van der Waals surface area (Å²) in [5, 5.41) is 9.59. The quantitative estimate of drug-likeness (QED) is 0.863. The molecule has 17 heavy (non-hydrogen) atoms. The summed E-state index contributed by atoms with van der Waals surface area (Å²) in [6.07, 6.45) is -0.611. The number of likely N-dealkylation sites (N-methyl/N-ethyl adjacent to an activating group) is 1. The number of aliphatic hydroxyl groups is 1. The van der Waals surface area contributed by atoms with E-state index in [2.05, 4.69) is 0 Å². The fourth-order valence-corrected chi connectivity index (χ4v) is 1.38. The number of rotatable bonds is 4. The van der Waals surface area contributed by atoms with E-state index in [0.717, 1.165) is 5.56 Å². The average molecular weight is 237 g/mol. The van der Waals surface area contributed by atoms with E-state index in [0.29, 0.717) is 11.3 Å². The normalized spacial score (nSPS) is 12.1. The monoisotopic (exact) mass is 237 g/mol. The SMILES string of the molecule is Cc1ccc([C@@H](C)O)c(OCC(=O)N(C)C)c1. The van der Waals surface area contributed by atoms with Gasteiger partial charge in [-0.25, -0.2) is 0 Å². The summed E-state index contributed by atoms with van der Waals surface area (Å²) in [6, 6.07) is 5.54. The molecule has 0 unspecified atom stereocenters. The van der Waals surface area contributed by atoms with Gasteiger partial charge in [-0.3, -0.25) is 4.79 Å². The molecule has 1 amide bonds. The summed E-state index contributed by atoms with van der Waals surface area (Å²) >= 11 is 0. The number of aliphatic hydroxyl groups excluding tert-OH is 1. The van der Waals surface area contributed by atoms with Crippen molar-refractivity contribution in [2.24, 2.45) is 0 Å². The number of ether oxygens (including phenoxy) is 1. The molecule has 0 bridgehead atoms. The lowest BCUT2D eigenvalue weighted by Gasteiger charge is -2.15. The number of hydrogen-bond donors (Lipinski definition) is 1. The molecule has 1 N–H and O–H groups in total. The second-order valence-electron chi connectivity index (χ2n) is 4.29. The van der Waals surface area contributed by atoms with E-state index in [1.165, 1.54) is 4.90 Å². The summed E-state index contributed by atoms with van der Waals surface area (Å²) in [7, 11) is 3.36. The van der Waals surface area contributed by atoms with Crippen molar-refractivity contribution in [2.75, 3.05) is 20.7 Å². The summed E-state index contributed by atoms with van der Waals surface area (Å²) in [6.45, 7) is 3.59. The molecule has 0 aliphatic carbocycles. The van der Waals surface area contributed by atoms with Gasteiger partial charge in [-0.2, -0.15) is 0 Å². The topological polar surface area (TPSA) is 49.8 Å². The third-order valence-corrected chi connectivity index (χ3v) is 2.47. The highest BCUT2D eigenvalue weighted by molar-refractivity contribution is 5.77. The van der Waals surface area contributed by atoms with Gasteiger partial charge in [0, 0.05) is 19.7 Å². The maximum absolute atomic E-state index is 11.4. The lowest BCUT2D eigenvalue weighted by molar-refractivity contribution is -0.130. The van der Waals surface area contributed by atoms with Crippen molar-refractivity contribution in [3.8, 4) is 5.75 Å². The molecule has 0 saturated heterocycles. The van der Waals surface area contributed by atoms with Gasteiger partial charge in [-0.15, -0.1) is 0 Å². The molecule has 0 aromatic heterocycles. The Morgan fingerprint density at radius 2 is 2.12 bits per heavy atom. The van der Waals surface area contributed by atoms with Crippen molar-refractivity contribution in [1.82, 2.24) is 4.90 Å². The summed E-state index contributed by atoms with van der Waals surface area (Å²) in [5.74, 6) is 0.457. The Bertz CT molecular complexity index is 400. The molecule has 0 aliphatic rings. The minimum absolute atomic E-state index is 0.0177. The number of amides is 1. The molecule has 1 aromatic carbocycles. The molecule has 0 spiro atoms. The van der Waals surface area contributed by atoms with Gasteiger partial charge in [0.2, 0.25) is 0 Å². The van der Waals surface area contributed by atoms with Crippen LogP contribution in [0.3, 0.4) is 0 Å². The molecule has 0 radical (unpaired) electrons. The molecule has 4 nitrogen and oxygen atoms in total. The van der Waals surface area contributed by atoms with Gasteiger partial charge in [-0.05, 0) is 25.5 Å². The van der Waals surface area contributed by atoms with Crippen LogP contribution in [0.25, 0.3) is 0 Å². The van der Waals surface area contributed by atoms with Crippen LogP contribution in [0.2, 0.25) is 0 Å². The Labute approximate surface area is 102 Å². The lowest BCUT2D eigenvalue weighted by Crippen LogP contribution is -2.27. The molecule has 1 aromatic rings. The van der Waals surface area contributed by atoms with Crippen LogP contribution in [0, 0.1) is 6.92 Å². The molecule has 1 atom stereocenters. The number of carbonyl (C=O) groups is 1. The maximum Gasteiger partial charge on any atom is 0.259 e. The minimum Gasteiger partial charge on any atom is -0.483 e. The van der Waals surface area contributed by atoms with Crippen LogP contribution < -0.4 is 4.74 Å². The molecular formula is C13H19NO3. The largest absolute Gasteiger partial charge is 0.483 e. The highest BCUT2D eigenvalue weighted by atomic mass is 16.5. The van der Waals surface area contributed by atoms with Gasteiger partial charge >= 0.3 is 0 Å². The maximum atomic E-state index is 11.4. The molecule has 0 fully saturated rings. The first-order chi connectivity index (χ1) is 7.91. The van der Waals surface area contributed by atoms with E-state index in [1.807, 2.05) is 25.1 Å². The standard InChI is InChI=1S/C13H19NO3/c1-9-5-6-11(10(2)15)12(7-9)17-8-13(16)14(3)4/h5-7,10,15H,8H2,1-4H3/t10-/m1/s1. The van der Waals surface area contributed by atoms with Gasteiger partial charge in [-0.1, -0.05) is 12.1 Å². The van der Waals surface area contributed by atoms with E-state index in [-0.39, 0.29) is 12.5 Å². The van der Waals surface area contributed by atoms with Crippen LogP contribution in [0.15, 0.2) is 18.2 Å². The van der Waals surface area contributed by atoms with Gasteiger partial charge in [0.05, 0.1) is 6.10 Å². The molecular weight excluding hydrogens is 218 g/mol. The summed E-state index contributed by atoms with van der Waals surface area (Å²) < 4.78 is 5.45. The van der Waals surface area contributed by atoms with E-state index >= 15 is 0 Å². The Hall–Kier alpha value is -1.55. The zero-order chi connectivity index (χ0) is 13.0. The Balaban J connectivity index is 2.82. The fourth-order valence-electron chi connectivity index (χ4n) is 1.38. The van der Waals surface area contributed by atoms with Gasteiger partial charge in [0.15, 0.2) is 6.61 Å². The second kappa shape index (κ2) is 5.68. The van der Waals surface area contributed by atoms with Crippen molar-refractivity contribution in [2.45, 2.75) is 20.0 Å². The van der Waals surface area contributed by atoms with Gasteiger partial charge in [0.1, 0.15) is 5.75 Å². The first-order valence-electron chi connectivity index (χ1n) is 5.53. The van der Waals surface area contributed by atoms with Crippen LogP contribution in [0.5, 0.6) is 5.75 Å². The van der Waals surface area contributed by atoms with Crippen LogP contribution in [0.4, 0.5) is 0 Å². The predicted molar refractivity (Wildman–Crippen MR) is 66.0 cm³/mol. The molecule has 1 rings (SSSR count). The van der Waals surface area contributed by atoms with Crippen molar-refractivity contribution in [3.63, 3.8) is 0 Å². The first kappa shape index (κ1) is 13.5. The molecule has 94 valence electrons. The molecule has 0 aliphatic heterocycles. The van der Waals surface area contributed by atoms with Crippen molar-refractivity contribution in [3.05, 3.63) is 29.3 Å². The van der Waals surface area contributed by atoms with E-state index in [9.17, 15) is 9.90 Å². The zero-order valence-electron chi connectivity index (χ0n) is 10.7. The van der Waals surface area contributed by atoms with Crippen molar-refractivity contribution < 1.29 is 14.6 Å². The number of aryl methyl sites for hydroxylation is 1. The smallest absolute Gasteiger partial charge is 0.259 e. The Morgan fingerprint density at radius 3 is 2.65 bits per heavy atom. The zero-order valence-corrected chi connectivity index (χ0v) is 10.7. The number of hydrogen-bond acceptors (Lipinski definition) is 3. The number of carbonyl (C=O) groups excluding carboxylic acids is 1. The first-order valence-corrected chi connectivity index (χ1v) is 5.53. The number of nitrogens with zero attached hydrogens (tertiary/aromatic N) is 1. The minimum atomic E-state index is -0.611. The van der Waals surface area contributed by atoms with Crippen LogP contribution in [-0.4, -0.2) is 36.6 Å². The summed E-state index contributed by atoms with van der Waals surface area (Å²) in [4.78, 5) is 12.9. The van der Waals surface area contributed by atoms with Gasteiger partial charge < -0.3 is 14.7 Å². The van der Waals surface area contributed by atoms with Crippen molar-refractivity contribution in [1.29, 1.82) is 0 Å². The Kier molecular flexibility index (Phi) is 4.52. The highest BCUT2D eigenvalue weighted by Gasteiger charge is 2.11. The third-order valence-electron chi connectivity index (χ3n) is 2.47. The van der Waals surface area contributed by atoms with Crippen molar-refractivity contribution >= 4 is 5.91 Å². The highest BCUT2D eigenvalue weighted by Crippen LogP contribution is 2.26. The second-order valence-corrected chi connectivity index (χ2v) is 4.29. The molecule has 4 heteroatoms. The van der Waals surface area contributed by atoms with Crippen LogP contribution in [-0.2, 0) is 4.79 Å². The lowest BCUT2D eigenvalue weighted by atomic mass is 10.1. The summed E-state index contributed by atoms with van der Waals surface area (Å²) in [5.41, 5.74) is 1.73. The predicted octanol–water partition coefficient (Wildman–Crippen LogP) is 1.52. The third kappa shape index (κ3) is 3.75. The Morgan fingerprint density at radius 1 is 1.47 bits per heavy atom. The van der Waals surface area contributed by atoms with E-state index in [4.69, 9.17) is 4.74 Å². The van der Waals surface area contributed by atoms with Crippen LogP contribution >= 0.6 is 0 Å². The molecule has 0 heterocycles. The van der Waals surface area contributed by atoms with Crippen LogP contribution in [0.1, 0.15) is 24.2 Å². The fraction of sp³-hybridized carbons (Fsp3) is 0.462. The van der Waals surface area contributed by atoms with E-state index < -0.39 is 6.10 Å². The average Bonchev–Trinajstić information content (AvgIpc) is 2.25. The number of benzene rings is 1. The molecule has 0 saturated carbocycles. The van der Waals surface area contributed by atoms with E-state index in [1.54, 1.807) is 21.0 Å². The van der Waals surface area contributed by atoms with Gasteiger partial charge in [0.25, 0.3) is 5.91 Å².